The van der Waals surface area contributed by atoms with Crippen molar-refractivity contribution in [3.05, 3.63) is 113 Å². The fourth-order valence-electron chi connectivity index (χ4n) is 3.90. The van der Waals surface area contributed by atoms with Gasteiger partial charge in [-0.2, -0.15) is 0 Å². The van der Waals surface area contributed by atoms with Gasteiger partial charge in [-0.25, -0.2) is 4.39 Å². The maximum absolute atomic E-state index is 13.5. The third-order valence-electron chi connectivity index (χ3n) is 5.77. The van der Waals surface area contributed by atoms with Crippen molar-refractivity contribution in [1.82, 2.24) is 9.47 Å². The van der Waals surface area contributed by atoms with Gasteiger partial charge in [0, 0.05) is 41.8 Å². The fourth-order valence-corrected chi connectivity index (χ4v) is 4.37. The minimum absolute atomic E-state index is 0.350. The van der Waals surface area contributed by atoms with E-state index in [4.69, 9.17) is 33.3 Å². The second-order valence-electron chi connectivity index (χ2n) is 8.20. The first-order valence-electron chi connectivity index (χ1n) is 11.4. The van der Waals surface area contributed by atoms with Gasteiger partial charge in [0.1, 0.15) is 5.82 Å². The van der Waals surface area contributed by atoms with Crippen molar-refractivity contribution in [3.8, 4) is 11.5 Å². The average Bonchev–Trinajstić information content (AvgIpc) is 3.32. The minimum Gasteiger partial charge on any atom is -0.493 e. The van der Waals surface area contributed by atoms with Gasteiger partial charge in [-0.3, -0.25) is 0 Å². The molecule has 4 aromatic rings. The largest absolute Gasteiger partial charge is 0.493 e. The summed E-state index contributed by atoms with van der Waals surface area (Å²) in [5.74, 6) is 0.912. The number of benzene rings is 3. The van der Waals surface area contributed by atoms with Crippen molar-refractivity contribution < 1.29 is 13.9 Å². The Morgan fingerprint density at radius 2 is 1.72 bits per heavy atom. The van der Waals surface area contributed by atoms with Crippen molar-refractivity contribution in [1.29, 1.82) is 0 Å². The molecule has 0 spiro atoms. The Balaban J connectivity index is 1.57. The summed E-state index contributed by atoms with van der Waals surface area (Å²) in [6, 6.07) is 24.3. The van der Waals surface area contributed by atoms with Crippen molar-refractivity contribution >= 4 is 34.6 Å². The number of aromatic nitrogens is 1. The zero-order chi connectivity index (χ0) is 25.5. The first-order valence-corrected chi connectivity index (χ1v) is 12.1. The number of anilines is 1. The molecular formula is C28H27ClFN3O2S. The van der Waals surface area contributed by atoms with E-state index in [0.29, 0.717) is 41.3 Å². The number of thiocarbonyl (C=S) groups is 1. The minimum atomic E-state index is -0.350. The number of nitrogens with zero attached hydrogens (tertiary/aromatic N) is 2. The molecule has 8 heteroatoms. The molecule has 0 atom stereocenters. The summed E-state index contributed by atoms with van der Waals surface area (Å²) >= 11 is 12.1. The molecule has 36 heavy (non-hydrogen) atoms. The van der Waals surface area contributed by atoms with E-state index in [9.17, 15) is 4.39 Å². The number of halogens is 2. The van der Waals surface area contributed by atoms with E-state index < -0.39 is 0 Å². The molecule has 0 saturated carbocycles. The molecule has 0 fully saturated rings. The molecule has 1 N–H and O–H groups in total. The summed E-state index contributed by atoms with van der Waals surface area (Å²) in [6.45, 7) is 1.69. The summed E-state index contributed by atoms with van der Waals surface area (Å²) in [4.78, 5) is 2.10. The van der Waals surface area contributed by atoms with Gasteiger partial charge >= 0.3 is 0 Å². The van der Waals surface area contributed by atoms with E-state index in [2.05, 4.69) is 33.0 Å². The SMILES string of the molecule is COc1ccc(NC(=S)N(Cc2ccccc2)Cc2cccn2Cc2ccc(F)cc2Cl)cc1OC. The van der Waals surface area contributed by atoms with Gasteiger partial charge in [-0.15, -0.1) is 0 Å². The highest BCUT2D eigenvalue weighted by Crippen LogP contribution is 2.30. The van der Waals surface area contributed by atoms with Gasteiger partial charge in [0.05, 0.1) is 20.8 Å². The molecule has 0 bridgehead atoms. The van der Waals surface area contributed by atoms with E-state index in [1.807, 2.05) is 48.7 Å². The Kier molecular flexibility index (Phi) is 8.46. The third-order valence-corrected chi connectivity index (χ3v) is 6.48. The van der Waals surface area contributed by atoms with Crippen LogP contribution in [0.3, 0.4) is 0 Å². The molecule has 0 amide bonds. The van der Waals surface area contributed by atoms with Crippen LogP contribution in [0.2, 0.25) is 5.02 Å². The quantitative estimate of drug-likeness (QED) is 0.246. The molecule has 3 aromatic carbocycles. The summed E-state index contributed by atoms with van der Waals surface area (Å²) in [6.07, 6.45) is 1.99. The lowest BCUT2D eigenvalue weighted by molar-refractivity contribution is 0.355. The molecule has 0 radical (unpaired) electrons. The molecular weight excluding hydrogens is 497 g/mol. The number of hydrogen-bond acceptors (Lipinski definition) is 3. The summed E-state index contributed by atoms with van der Waals surface area (Å²) in [7, 11) is 3.20. The van der Waals surface area contributed by atoms with Crippen molar-refractivity contribution in [2.45, 2.75) is 19.6 Å². The van der Waals surface area contributed by atoms with E-state index in [1.165, 1.54) is 12.1 Å². The number of rotatable bonds is 9. The van der Waals surface area contributed by atoms with Crippen LogP contribution in [0, 0.1) is 5.82 Å². The zero-order valence-electron chi connectivity index (χ0n) is 20.1. The average molecular weight is 524 g/mol. The van der Waals surface area contributed by atoms with Gasteiger partial charge in [0.25, 0.3) is 0 Å². The number of nitrogens with one attached hydrogen (secondary N) is 1. The topological polar surface area (TPSA) is 38.7 Å². The first-order chi connectivity index (χ1) is 17.5. The molecule has 0 aliphatic rings. The Bertz CT molecular complexity index is 1330. The first kappa shape index (κ1) is 25.5. The van der Waals surface area contributed by atoms with Gasteiger partial charge in [0.15, 0.2) is 16.6 Å². The standard InChI is InChI=1S/C28H27ClFN3O2S/c1-34-26-13-12-23(16-27(26)35-2)31-28(36)33(17-20-7-4-3-5-8-20)19-24-9-6-14-32(24)18-21-10-11-22(30)15-25(21)29/h3-16H,17-19H2,1-2H3,(H,31,36). The van der Waals surface area contributed by atoms with Crippen LogP contribution in [0.25, 0.3) is 0 Å². The smallest absolute Gasteiger partial charge is 0.174 e. The lowest BCUT2D eigenvalue weighted by atomic mass is 10.2. The number of ether oxygens (including phenoxy) is 2. The summed E-state index contributed by atoms with van der Waals surface area (Å²) < 4.78 is 26.4. The highest BCUT2D eigenvalue weighted by molar-refractivity contribution is 7.80. The van der Waals surface area contributed by atoms with Crippen molar-refractivity contribution in [2.24, 2.45) is 0 Å². The second kappa shape index (κ2) is 11.9. The molecule has 0 unspecified atom stereocenters. The van der Waals surface area contributed by atoms with E-state index in [1.54, 1.807) is 20.3 Å². The predicted molar refractivity (Wildman–Crippen MR) is 146 cm³/mol. The second-order valence-corrected chi connectivity index (χ2v) is 9.00. The maximum Gasteiger partial charge on any atom is 0.174 e. The Labute approximate surface area is 221 Å². The summed E-state index contributed by atoms with van der Waals surface area (Å²) in [5, 5.41) is 4.31. The van der Waals surface area contributed by atoms with Crippen LogP contribution in [0.15, 0.2) is 85.1 Å². The maximum atomic E-state index is 13.5. The number of hydrogen-bond donors (Lipinski definition) is 1. The molecule has 186 valence electrons. The molecule has 0 aliphatic carbocycles. The highest BCUT2D eigenvalue weighted by atomic mass is 35.5. The lowest BCUT2D eigenvalue weighted by Crippen LogP contribution is -2.34. The molecule has 1 aromatic heterocycles. The van der Waals surface area contributed by atoms with Crippen LogP contribution >= 0.6 is 23.8 Å². The van der Waals surface area contributed by atoms with Gasteiger partial charge in [-0.05, 0) is 59.7 Å². The molecule has 1 heterocycles. The fraction of sp³-hybridized carbons (Fsp3) is 0.179. The van der Waals surface area contributed by atoms with Gasteiger partial charge in [0.2, 0.25) is 0 Å². The lowest BCUT2D eigenvalue weighted by Gasteiger charge is -2.27. The Morgan fingerprint density at radius 1 is 0.944 bits per heavy atom. The highest BCUT2D eigenvalue weighted by Gasteiger charge is 2.16. The van der Waals surface area contributed by atoms with Crippen LogP contribution in [-0.4, -0.2) is 28.8 Å². The van der Waals surface area contributed by atoms with Crippen LogP contribution in [0.1, 0.15) is 16.8 Å². The van der Waals surface area contributed by atoms with Crippen LogP contribution in [0.4, 0.5) is 10.1 Å². The third kappa shape index (κ3) is 6.36. The monoisotopic (exact) mass is 523 g/mol. The van der Waals surface area contributed by atoms with Crippen molar-refractivity contribution in [3.63, 3.8) is 0 Å². The predicted octanol–water partition coefficient (Wildman–Crippen LogP) is 6.75. The molecule has 5 nitrogen and oxygen atoms in total. The molecule has 0 aliphatic heterocycles. The van der Waals surface area contributed by atoms with Crippen LogP contribution in [0.5, 0.6) is 11.5 Å². The van der Waals surface area contributed by atoms with Crippen LogP contribution < -0.4 is 14.8 Å². The Hall–Kier alpha value is -3.55. The van der Waals surface area contributed by atoms with Gasteiger partial charge in [-0.1, -0.05) is 48.0 Å². The van der Waals surface area contributed by atoms with Crippen molar-refractivity contribution in [2.75, 3.05) is 19.5 Å². The molecule has 4 rings (SSSR count). The zero-order valence-corrected chi connectivity index (χ0v) is 21.7. The Morgan fingerprint density at radius 3 is 2.44 bits per heavy atom. The number of methoxy groups -OCH3 is 2. The molecule has 0 saturated heterocycles. The van der Waals surface area contributed by atoms with Gasteiger partial charge < -0.3 is 24.3 Å². The summed E-state index contributed by atoms with van der Waals surface area (Å²) in [5.41, 5.74) is 3.82. The van der Waals surface area contributed by atoms with E-state index >= 15 is 0 Å². The van der Waals surface area contributed by atoms with E-state index in [0.717, 1.165) is 22.5 Å². The normalized spacial score (nSPS) is 10.7. The van der Waals surface area contributed by atoms with E-state index in [-0.39, 0.29) is 5.82 Å². The van der Waals surface area contributed by atoms with Crippen LogP contribution in [-0.2, 0) is 19.6 Å².